The average Bonchev–Trinajstić information content (AvgIpc) is 3.30. The van der Waals surface area contributed by atoms with Gasteiger partial charge >= 0.3 is 6.97 Å². The first kappa shape index (κ1) is 19.4. The monoisotopic (exact) mass is 419 g/mol. The number of halogens is 2. The topological polar surface area (TPSA) is 45.3 Å². The molecule has 156 valence electrons. The van der Waals surface area contributed by atoms with Gasteiger partial charge in [-0.3, -0.25) is 9.59 Å². The largest absolute Gasteiger partial charge is 0.737 e. The number of aryl methyl sites for hydroxylation is 2. The van der Waals surface area contributed by atoms with Gasteiger partial charge in [-0.25, -0.2) is 4.90 Å². The molecular formula is C23H20BF2N3O2. The maximum absolute atomic E-state index is 15.8. The molecule has 5 rings (SSSR count). The molecule has 3 aliphatic heterocycles. The minimum Gasteiger partial charge on any atom is -0.393 e. The SMILES string of the molecule is CC1=CC(C)=[N+]2C1=C(c1ccccc1N1C(=O)C=CC1=O)c1c(C)cc(C)n1[B-]2(F)F. The van der Waals surface area contributed by atoms with Crippen LogP contribution in [0.4, 0.5) is 14.3 Å². The number of imide groups is 1. The molecule has 2 amide bonds. The predicted molar refractivity (Wildman–Crippen MR) is 116 cm³/mol. The minimum absolute atomic E-state index is 0.379. The van der Waals surface area contributed by atoms with Gasteiger partial charge in [0, 0.05) is 42.0 Å². The molecular weight excluding hydrogens is 399 g/mol. The number of anilines is 1. The molecule has 3 aliphatic rings. The third-order valence-corrected chi connectivity index (χ3v) is 6.16. The van der Waals surface area contributed by atoms with Crippen LogP contribution >= 0.6 is 0 Å². The Labute approximate surface area is 178 Å². The quantitative estimate of drug-likeness (QED) is 0.547. The number of allylic oxidation sites excluding steroid dienone is 2. The molecule has 0 fully saturated rings. The van der Waals surface area contributed by atoms with Crippen molar-refractivity contribution >= 4 is 35.8 Å². The predicted octanol–water partition coefficient (Wildman–Crippen LogP) is 3.96. The summed E-state index contributed by atoms with van der Waals surface area (Å²) in [6.45, 7) is 2.86. The first-order chi connectivity index (χ1) is 14.6. The van der Waals surface area contributed by atoms with Crippen molar-refractivity contribution < 1.29 is 22.7 Å². The Hall–Kier alpha value is -3.55. The van der Waals surface area contributed by atoms with E-state index in [9.17, 15) is 9.59 Å². The maximum Gasteiger partial charge on any atom is 0.737 e. The van der Waals surface area contributed by atoms with E-state index in [2.05, 4.69) is 0 Å². The van der Waals surface area contributed by atoms with E-state index in [-0.39, 0.29) is 0 Å². The summed E-state index contributed by atoms with van der Waals surface area (Å²) in [4.78, 5) is 26.0. The van der Waals surface area contributed by atoms with Gasteiger partial charge in [0.1, 0.15) is 5.71 Å². The van der Waals surface area contributed by atoms with Crippen LogP contribution in [0.1, 0.15) is 36.4 Å². The van der Waals surface area contributed by atoms with Crippen molar-refractivity contribution in [3.8, 4) is 0 Å². The first-order valence-corrected chi connectivity index (χ1v) is 10.1. The lowest BCUT2D eigenvalue weighted by Crippen LogP contribution is -2.51. The fourth-order valence-electron chi connectivity index (χ4n) is 5.07. The van der Waals surface area contributed by atoms with Crippen molar-refractivity contribution in [3.05, 3.63) is 82.3 Å². The number of fused-ring (bicyclic) bond motifs is 2. The van der Waals surface area contributed by atoms with Crippen LogP contribution in [0.3, 0.4) is 0 Å². The Morgan fingerprint density at radius 2 is 1.61 bits per heavy atom. The van der Waals surface area contributed by atoms with Gasteiger partial charge in [-0.15, -0.1) is 0 Å². The van der Waals surface area contributed by atoms with Crippen LogP contribution in [-0.4, -0.2) is 33.5 Å². The summed E-state index contributed by atoms with van der Waals surface area (Å²) in [7, 11) is 0. The summed E-state index contributed by atoms with van der Waals surface area (Å²) in [5.41, 5.74) is 4.70. The summed E-state index contributed by atoms with van der Waals surface area (Å²) in [6, 6.07) is 8.71. The second kappa shape index (κ2) is 6.23. The van der Waals surface area contributed by atoms with E-state index >= 15 is 8.63 Å². The van der Waals surface area contributed by atoms with Crippen LogP contribution in [-0.2, 0) is 9.59 Å². The Morgan fingerprint density at radius 3 is 2.29 bits per heavy atom. The van der Waals surface area contributed by atoms with E-state index in [0.717, 1.165) is 13.9 Å². The fraction of sp³-hybridized carbons (Fsp3) is 0.174. The number of nitrogens with zero attached hydrogens (tertiary/aromatic N) is 3. The molecule has 0 bridgehead atoms. The summed E-state index contributed by atoms with van der Waals surface area (Å²) in [5, 5.41) is 0. The molecule has 0 N–H and O–H groups in total. The standard InChI is InChI=1S/C23H20BF2N3O2/c1-13-11-15(3)28-22(13)21(23-14(2)12-16(4)29(23)24(28,25)26)17-7-5-6-8-18(17)27-19(30)9-10-20(27)31/h5-12H,1-4H3. The molecule has 5 nitrogen and oxygen atoms in total. The molecule has 31 heavy (non-hydrogen) atoms. The number of aromatic nitrogens is 1. The maximum atomic E-state index is 15.8. The lowest BCUT2D eigenvalue weighted by Gasteiger charge is -2.34. The third-order valence-electron chi connectivity index (χ3n) is 6.16. The molecule has 8 heteroatoms. The Morgan fingerprint density at radius 1 is 0.968 bits per heavy atom. The highest BCUT2D eigenvalue weighted by molar-refractivity contribution is 6.58. The molecule has 0 aliphatic carbocycles. The third kappa shape index (κ3) is 2.44. The number of carbonyl (C=O) groups is 2. The van der Waals surface area contributed by atoms with E-state index < -0.39 is 18.8 Å². The molecule has 2 aromatic rings. The molecule has 1 aromatic heterocycles. The molecule has 0 spiro atoms. The van der Waals surface area contributed by atoms with Gasteiger partial charge in [0.15, 0.2) is 5.70 Å². The number of hydrogen-bond acceptors (Lipinski definition) is 2. The highest BCUT2D eigenvalue weighted by Gasteiger charge is 2.55. The minimum atomic E-state index is -4.09. The number of amides is 2. The molecule has 0 unspecified atom stereocenters. The van der Waals surface area contributed by atoms with Gasteiger partial charge in [0.25, 0.3) is 11.8 Å². The van der Waals surface area contributed by atoms with Crippen molar-refractivity contribution in [2.24, 2.45) is 0 Å². The van der Waals surface area contributed by atoms with Crippen LogP contribution in [0.15, 0.2) is 59.8 Å². The lowest BCUT2D eigenvalue weighted by molar-refractivity contribution is -0.363. The number of rotatable bonds is 2. The molecule has 1 aromatic carbocycles. The average molecular weight is 419 g/mol. The van der Waals surface area contributed by atoms with E-state index in [4.69, 9.17) is 0 Å². The van der Waals surface area contributed by atoms with Crippen molar-refractivity contribution in [3.63, 3.8) is 0 Å². The zero-order valence-corrected chi connectivity index (χ0v) is 17.6. The Bertz CT molecular complexity index is 1330. The number of carbonyl (C=O) groups excluding carboxylic acids is 2. The normalized spacial score (nSPS) is 19.4. The molecule has 0 radical (unpaired) electrons. The van der Waals surface area contributed by atoms with E-state index in [0.29, 0.717) is 50.8 Å². The van der Waals surface area contributed by atoms with E-state index in [1.54, 1.807) is 50.3 Å². The van der Waals surface area contributed by atoms with Gasteiger partial charge < -0.3 is 17.6 Å². The number of benzene rings is 1. The number of para-hydroxylation sites is 1. The highest BCUT2D eigenvalue weighted by atomic mass is 19.2. The van der Waals surface area contributed by atoms with Gasteiger partial charge in [0.2, 0.25) is 0 Å². The zero-order chi connectivity index (χ0) is 22.2. The smallest absolute Gasteiger partial charge is 0.393 e. The van der Waals surface area contributed by atoms with Gasteiger partial charge in [-0.05, 0) is 44.2 Å². The second-order valence-corrected chi connectivity index (χ2v) is 8.20. The summed E-state index contributed by atoms with van der Waals surface area (Å²) >= 11 is 0. The van der Waals surface area contributed by atoms with Gasteiger partial charge in [-0.2, -0.15) is 0 Å². The van der Waals surface area contributed by atoms with Gasteiger partial charge in [0.05, 0.1) is 11.3 Å². The highest BCUT2D eigenvalue weighted by Crippen LogP contribution is 2.46. The Balaban J connectivity index is 1.91. The van der Waals surface area contributed by atoms with Crippen LogP contribution in [0, 0.1) is 13.8 Å². The number of hydrogen-bond donors (Lipinski definition) is 0. The van der Waals surface area contributed by atoms with Crippen molar-refractivity contribution in [1.29, 1.82) is 0 Å². The molecule has 0 saturated carbocycles. The van der Waals surface area contributed by atoms with Crippen LogP contribution < -0.4 is 4.90 Å². The Kier molecular flexibility index (Phi) is 3.90. The van der Waals surface area contributed by atoms with Crippen LogP contribution in [0.2, 0.25) is 0 Å². The van der Waals surface area contributed by atoms with Crippen molar-refractivity contribution in [2.75, 3.05) is 4.90 Å². The summed E-state index contributed by atoms with van der Waals surface area (Å²) < 4.78 is 33.8. The van der Waals surface area contributed by atoms with Crippen molar-refractivity contribution in [2.45, 2.75) is 27.7 Å². The zero-order valence-electron chi connectivity index (χ0n) is 17.6. The second-order valence-electron chi connectivity index (χ2n) is 8.20. The van der Waals surface area contributed by atoms with Crippen LogP contribution in [0.5, 0.6) is 0 Å². The fourth-order valence-corrected chi connectivity index (χ4v) is 5.07. The molecule has 0 saturated heterocycles. The lowest BCUT2D eigenvalue weighted by atomic mass is 9.83. The molecule has 0 atom stereocenters. The summed E-state index contributed by atoms with van der Waals surface area (Å²) in [5.74, 6) is -0.898. The van der Waals surface area contributed by atoms with E-state index in [1.807, 2.05) is 13.8 Å². The van der Waals surface area contributed by atoms with Gasteiger partial charge in [-0.1, -0.05) is 18.2 Å². The first-order valence-electron chi connectivity index (χ1n) is 10.1. The van der Waals surface area contributed by atoms with Crippen LogP contribution in [0.25, 0.3) is 5.57 Å². The van der Waals surface area contributed by atoms with Crippen molar-refractivity contribution in [1.82, 2.24) is 4.48 Å². The molecule has 4 heterocycles. The summed E-state index contributed by atoms with van der Waals surface area (Å²) in [6.07, 6.45) is 4.19. The van der Waals surface area contributed by atoms with E-state index in [1.165, 1.54) is 12.2 Å².